The molecule has 1 heterocycles. The van der Waals surface area contributed by atoms with Crippen LogP contribution in [-0.2, 0) is 4.74 Å². The maximum atomic E-state index is 12.3. The van der Waals surface area contributed by atoms with E-state index >= 15 is 0 Å². The Morgan fingerprint density at radius 2 is 1.90 bits per heavy atom. The van der Waals surface area contributed by atoms with E-state index in [4.69, 9.17) is 4.74 Å². The van der Waals surface area contributed by atoms with Gasteiger partial charge in [-0.05, 0) is 44.4 Å². The van der Waals surface area contributed by atoms with Gasteiger partial charge in [-0.1, -0.05) is 18.2 Å². The molecule has 0 bridgehead atoms. The minimum Gasteiger partial charge on any atom is -0.442 e. The van der Waals surface area contributed by atoms with Crippen molar-refractivity contribution in [2.45, 2.75) is 26.4 Å². The van der Waals surface area contributed by atoms with E-state index in [-0.39, 0.29) is 0 Å². The molecular weight excluding hydrogens is 272 g/mol. The highest BCUT2D eigenvalue weighted by Crippen LogP contribution is 2.22. The van der Waals surface area contributed by atoms with E-state index in [2.05, 4.69) is 5.43 Å². The lowest BCUT2D eigenvalue weighted by Crippen LogP contribution is -2.40. The molecule has 1 N–H and O–H groups in total. The molecule has 5 heteroatoms. The van der Waals surface area contributed by atoms with Crippen LogP contribution in [0, 0.1) is 0 Å². The Labute approximate surface area is 123 Å². The second kappa shape index (κ2) is 5.96. The predicted molar refractivity (Wildman–Crippen MR) is 83.1 cm³/mol. The van der Waals surface area contributed by atoms with Crippen molar-refractivity contribution < 1.29 is 9.53 Å². The lowest BCUT2D eigenvalue weighted by Gasteiger charge is -2.27. The fourth-order valence-corrected chi connectivity index (χ4v) is 2.17. The summed E-state index contributed by atoms with van der Waals surface area (Å²) in [7, 11) is 0. The van der Waals surface area contributed by atoms with Gasteiger partial charge in [0, 0.05) is 5.38 Å². The summed E-state index contributed by atoms with van der Waals surface area (Å²) in [6.07, 6.45) is -0.431. The molecule has 0 fully saturated rings. The van der Waals surface area contributed by atoms with Crippen LogP contribution < -0.4 is 10.4 Å². The number of thiophene rings is 1. The summed E-state index contributed by atoms with van der Waals surface area (Å²) in [6.45, 7) is 5.54. The number of benzene rings is 1. The number of anilines is 2. The molecule has 1 amide bonds. The van der Waals surface area contributed by atoms with Crippen LogP contribution in [0.1, 0.15) is 20.8 Å². The predicted octanol–water partition coefficient (Wildman–Crippen LogP) is 4.52. The van der Waals surface area contributed by atoms with Crippen LogP contribution in [0.2, 0.25) is 0 Å². The third kappa shape index (κ3) is 3.99. The van der Waals surface area contributed by atoms with Crippen molar-refractivity contribution >= 4 is 28.8 Å². The topological polar surface area (TPSA) is 41.6 Å². The van der Waals surface area contributed by atoms with E-state index < -0.39 is 11.7 Å². The maximum absolute atomic E-state index is 12.3. The van der Waals surface area contributed by atoms with Gasteiger partial charge < -0.3 is 4.74 Å². The molecule has 1 aromatic carbocycles. The highest BCUT2D eigenvalue weighted by atomic mass is 32.1. The number of nitrogens with one attached hydrogen (secondary N) is 1. The van der Waals surface area contributed by atoms with Crippen molar-refractivity contribution in [3.63, 3.8) is 0 Å². The van der Waals surface area contributed by atoms with Crippen LogP contribution in [0.5, 0.6) is 0 Å². The van der Waals surface area contributed by atoms with Crippen LogP contribution in [0.4, 0.5) is 16.2 Å². The number of hydrogen-bond donors (Lipinski definition) is 1. The molecule has 106 valence electrons. The molecule has 0 aliphatic rings. The van der Waals surface area contributed by atoms with Gasteiger partial charge in [0.05, 0.1) is 11.4 Å². The number of hydrogen-bond acceptors (Lipinski definition) is 4. The molecule has 0 atom stereocenters. The van der Waals surface area contributed by atoms with E-state index in [9.17, 15) is 4.79 Å². The summed E-state index contributed by atoms with van der Waals surface area (Å²) in [6, 6.07) is 11.4. The number of carbonyl (C=O) groups excluding carboxylic acids is 1. The number of ether oxygens (including phenoxy) is 1. The van der Waals surface area contributed by atoms with E-state index in [1.165, 1.54) is 16.3 Å². The van der Waals surface area contributed by atoms with Gasteiger partial charge in [0.15, 0.2) is 0 Å². The minimum absolute atomic E-state index is 0.431. The van der Waals surface area contributed by atoms with Gasteiger partial charge in [-0.25, -0.2) is 4.79 Å². The molecule has 0 spiro atoms. The van der Waals surface area contributed by atoms with E-state index in [0.29, 0.717) is 0 Å². The number of nitrogens with zero attached hydrogens (tertiary/aromatic N) is 1. The molecule has 0 radical (unpaired) electrons. The number of carbonyl (C=O) groups is 1. The van der Waals surface area contributed by atoms with Gasteiger partial charge in [-0.3, -0.25) is 5.43 Å². The van der Waals surface area contributed by atoms with Crippen LogP contribution >= 0.6 is 11.3 Å². The Morgan fingerprint density at radius 1 is 1.20 bits per heavy atom. The highest BCUT2D eigenvalue weighted by molar-refractivity contribution is 7.08. The van der Waals surface area contributed by atoms with Crippen molar-refractivity contribution in [1.29, 1.82) is 0 Å². The first-order valence-electron chi connectivity index (χ1n) is 6.33. The average Bonchev–Trinajstić information content (AvgIpc) is 2.88. The molecular formula is C15H18N2O2S. The SMILES string of the molecule is CC(C)(C)OC(=O)N(Nc1ccccc1)c1ccsc1. The molecule has 4 nitrogen and oxygen atoms in total. The summed E-state index contributed by atoms with van der Waals surface area (Å²) in [5.74, 6) is 0. The van der Waals surface area contributed by atoms with Gasteiger partial charge in [-0.2, -0.15) is 16.3 Å². The third-order valence-corrected chi connectivity index (χ3v) is 3.03. The van der Waals surface area contributed by atoms with Crippen LogP contribution in [0.3, 0.4) is 0 Å². The Bertz CT molecular complexity index is 547. The molecule has 0 saturated heterocycles. The number of rotatable bonds is 3. The Hall–Kier alpha value is -2.01. The van der Waals surface area contributed by atoms with Gasteiger partial charge >= 0.3 is 6.09 Å². The van der Waals surface area contributed by atoms with E-state index in [1.54, 1.807) is 0 Å². The summed E-state index contributed by atoms with van der Waals surface area (Å²) in [4.78, 5) is 12.3. The zero-order valence-corrected chi connectivity index (χ0v) is 12.6. The van der Waals surface area contributed by atoms with E-state index in [1.807, 2.05) is 67.9 Å². The molecule has 2 rings (SSSR count). The zero-order valence-electron chi connectivity index (χ0n) is 11.8. The first kappa shape index (κ1) is 14.4. The molecule has 1 aromatic heterocycles. The number of amides is 1. The van der Waals surface area contributed by atoms with Gasteiger partial charge in [0.25, 0.3) is 0 Å². The smallest absolute Gasteiger partial charge is 0.433 e. The maximum Gasteiger partial charge on any atom is 0.433 e. The molecule has 2 aromatic rings. The van der Waals surface area contributed by atoms with Crippen LogP contribution in [0.15, 0.2) is 47.2 Å². The normalized spacial score (nSPS) is 10.9. The quantitative estimate of drug-likeness (QED) is 0.845. The summed E-state index contributed by atoms with van der Waals surface area (Å²) < 4.78 is 5.42. The summed E-state index contributed by atoms with van der Waals surface area (Å²) in [5.41, 5.74) is 4.11. The molecule has 0 saturated carbocycles. The number of para-hydroxylation sites is 1. The van der Waals surface area contributed by atoms with Gasteiger partial charge in [0.2, 0.25) is 0 Å². The van der Waals surface area contributed by atoms with Crippen molar-refractivity contribution in [1.82, 2.24) is 0 Å². The second-order valence-electron chi connectivity index (χ2n) is 5.28. The average molecular weight is 290 g/mol. The fraction of sp³-hybridized carbons (Fsp3) is 0.267. The molecule has 0 unspecified atom stereocenters. The summed E-state index contributed by atoms with van der Waals surface area (Å²) >= 11 is 1.52. The van der Waals surface area contributed by atoms with Crippen molar-refractivity contribution in [2.75, 3.05) is 10.4 Å². The third-order valence-electron chi connectivity index (χ3n) is 2.36. The lowest BCUT2D eigenvalue weighted by molar-refractivity contribution is 0.0589. The van der Waals surface area contributed by atoms with Crippen LogP contribution in [-0.4, -0.2) is 11.7 Å². The first-order chi connectivity index (χ1) is 9.46. The fourth-order valence-electron chi connectivity index (χ4n) is 1.55. The minimum atomic E-state index is -0.538. The second-order valence-corrected chi connectivity index (χ2v) is 6.06. The molecule has 0 aliphatic heterocycles. The standard InChI is InChI=1S/C15H18N2O2S/c1-15(2,3)19-14(18)17(13-9-10-20-11-13)16-12-7-5-4-6-8-12/h4-11,16H,1-3H3. The van der Waals surface area contributed by atoms with Crippen molar-refractivity contribution in [2.24, 2.45) is 0 Å². The van der Waals surface area contributed by atoms with Gasteiger partial charge in [0.1, 0.15) is 5.60 Å². The molecule has 0 aliphatic carbocycles. The van der Waals surface area contributed by atoms with Crippen molar-refractivity contribution in [3.8, 4) is 0 Å². The highest BCUT2D eigenvalue weighted by Gasteiger charge is 2.23. The first-order valence-corrected chi connectivity index (χ1v) is 7.27. The lowest BCUT2D eigenvalue weighted by atomic mass is 10.2. The van der Waals surface area contributed by atoms with E-state index in [0.717, 1.165) is 11.4 Å². The van der Waals surface area contributed by atoms with Crippen LogP contribution in [0.25, 0.3) is 0 Å². The Morgan fingerprint density at radius 3 is 2.45 bits per heavy atom. The summed E-state index contributed by atoms with van der Waals surface area (Å²) in [5, 5.41) is 5.22. The largest absolute Gasteiger partial charge is 0.442 e. The number of hydrazine groups is 1. The Balaban J connectivity index is 2.20. The van der Waals surface area contributed by atoms with Crippen molar-refractivity contribution in [3.05, 3.63) is 47.2 Å². The van der Waals surface area contributed by atoms with Gasteiger partial charge in [-0.15, -0.1) is 0 Å². The zero-order chi connectivity index (χ0) is 14.6. The molecule has 20 heavy (non-hydrogen) atoms. The Kier molecular flexibility index (Phi) is 4.29. The monoisotopic (exact) mass is 290 g/mol.